The van der Waals surface area contributed by atoms with Crippen LogP contribution in [0.2, 0.25) is 0 Å². The zero-order chi connectivity index (χ0) is 22.7. The Kier molecular flexibility index (Phi) is 5.74. The third-order valence-electron chi connectivity index (χ3n) is 4.87. The van der Waals surface area contributed by atoms with E-state index in [2.05, 4.69) is 24.6 Å². The van der Waals surface area contributed by atoms with Crippen LogP contribution in [-0.2, 0) is 10.0 Å². The fourth-order valence-corrected chi connectivity index (χ4v) is 4.25. The number of benzene rings is 2. The Morgan fingerprint density at radius 3 is 2.03 bits per heavy atom. The summed E-state index contributed by atoms with van der Waals surface area (Å²) < 4.78 is 29.3. The second-order valence-corrected chi connectivity index (χ2v) is 8.84. The van der Waals surface area contributed by atoms with Crippen LogP contribution in [0.1, 0.15) is 21.7 Å². The van der Waals surface area contributed by atoms with Crippen LogP contribution in [0.5, 0.6) is 0 Å². The van der Waals surface area contributed by atoms with Gasteiger partial charge in [0.2, 0.25) is 5.95 Å². The Labute approximate surface area is 186 Å². The zero-order valence-electron chi connectivity index (χ0n) is 17.5. The standard InChI is InChI=1S/C23H21N5O3S/c1-16-4-5-17(2)28(16)20-10-6-18(7-11-20)22(29)26-19-8-12-21(13-9-19)32(30,31)27-23-24-14-3-15-25-23/h3-15H,1-2H3,(H,26,29)(H,24,25,27). The van der Waals surface area contributed by atoms with Gasteiger partial charge < -0.3 is 9.88 Å². The highest BCUT2D eigenvalue weighted by Gasteiger charge is 2.16. The summed E-state index contributed by atoms with van der Waals surface area (Å²) in [5, 5.41) is 2.78. The molecule has 2 heterocycles. The van der Waals surface area contributed by atoms with Crippen LogP contribution in [-0.4, -0.2) is 28.9 Å². The van der Waals surface area contributed by atoms with Gasteiger partial charge >= 0.3 is 0 Å². The maximum absolute atomic E-state index is 12.6. The van der Waals surface area contributed by atoms with Crippen molar-refractivity contribution in [3.05, 3.63) is 96.1 Å². The van der Waals surface area contributed by atoms with Gasteiger partial charge in [0, 0.05) is 40.7 Å². The van der Waals surface area contributed by atoms with Crippen molar-refractivity contribution in [1.29, 1.82) is 0 Å². The molecule has 2 aromatic carbocycles. The lowest BCUT2D eigenvalue weighted by atomic mass is 10.2. The summed E-state index contributed by atoms with van der Waals surface area (Å²) in [5.41, 5.74) is 4.18. The first-order valence-corrected chi connectivity index (χ1v) is 11.3. The van der Waals surface area contributed by atoms with E-state index in [0.29, 0.717) is 11.3 Å². The highest BCUT2D eigenvalue weighted by atomic mass is 32.2. The van der Waals surface area contributed by atoms with E-state index in [1.807, 2.05) is 38.1 Å². The predicted molar refractivity (Wildman–Crippen MR) is 122 cm³/mol. The molecule has 0 aliphatic carbocycles. The van der Waals surface area contributed by atoms with E-state index >= 15 is 0 Å². The van der Waals surface area contributed by atoms with Crippen molar-refractivity contribution in [3.63, 3.8) is 0 Å². The fraction of sp³-hybridized carbons (Fsp3) is 0.0870. The summed E-state index contributed by atoms with van der Waals surface area (Å²) >= 11 is 0. The predicted octanol–water partition coefficient (Wildman–Crippen LogP) is 3.94. The monoisotopic (exact) mass is 447 g/mol. The van der Waals surface area contributed by atoms with Crippen molar-refractivity contribution in [2.24, 2.45) is 0 Å². The molecule has 32 heavy (non-hydrogen) atoms. The topological polar surface area (TPSA) is 106 Å². The number of carbonyl (C=O) groups excluding carboxylic acids is 1. The van der Waals surface area contributed by atoms with Gasteiger partial charge in [0.05, 0.1) is 4.90 Å². The lowest BCUT2D eigenvalue weighted by Gasteiger charge is -2.11. The molecular formula is C23H21N5O3S. The third-order valence-corrected chi connectivity index (χ3v) is 6.22. The molecule has 0 saturated carbocycles. The summed E-state index contributed by atoms with van der Waals surface area (Å²) in [7, 11) is -3.83. The van der Waals surface area contributed by atoms with Gasteiger partial charge in [-0.3, -0.25) is 4.79 Å². The molecule has 0 atom stereocenters. The fourth-order valence-electron chi connectivity index (χ4n) is 3.29. The number of hydrogen-bond acceptors (Lipinski definition) is 5. The smallest absolute Gasteiger partial charge is 0.264 e. The summed E-state index contributed by atoms with van der Waals surface area (Å²) in [5.74, 6) is -0.303. The van der Waals surface area contributed by atoms with E-state index in [-0.39, 0.29) is 16.8 Å². The molecule has 162 valence electrons. The van der Waals surface area contributed by atoms with Crippen molar-refractivity contribution in [2.75, 3.05) is 10.0 Å². The Balaban J connectivity index is 1.45. The lowest BCUT2D eigenvalue weighted by Crippen LogP contribution is -2.15. The van der Waals surface area contributed by atoms with E-state index in [0.717, 1.165) is 17.1 Å². The number of rotatable bonds is 6. The van der Waals surface area contributed by atoms with Crippen LogP contribution < -0.4 is 10.0 Å². The lowest BCUT2D eigenvalue weighted by molar-refractivity contribution is 0.102. The summed E-state index contributed by atoms with van der Waals surface area (Å²) in [6.07, 6.45) is 2.88. The molecule has 2 aromatic heterocycles. The minimum Gasteiger partial charge on any atom is -0.322 e. The molecule has 0 radical (unpaired) electrons. The van der Waals surface area contributed by atoms with E-state index < -0.39 is 10.0 Å². The van der Waals surface area contributed by atoms with Gasteiger partial charge in [-0.25, -0.2) is 23.1 Å². The summed E-state index contributed by atoms with van der Waals surface area (Å²) in [6, 6.07) is 18.8. The van der Waals surface area contributed by atoms with E-state index in [4.69, 9.17) is 0 Å². The molecule has 8 nitrogen and oxygen atoms in total. The van der Waals surface area contributed by atoms with Gasteiger partial charge in [-0.1, -0.05) is 0 Å². The minimum absolute atomic E-state index is 0.0152. The number of amides is 1. The number of nitrogens with one attached hydrogen (secondary N) is 2. The maximum atomic E-state index is 12.6. The minimum atomic E-state index is -3.83. The van der Waals surface area contributed by atoms with Crippen molar-refractivity contribution in [1.82, 2.24) is 14.5 Å². The highest BCUT2D eigenvalue weighted by Crippen LogP contribution is 2.19. The number of aryl methyl sites for hydroxylation is 2. The first-order valence-electron chi connectivity index (χ1n) is 9.80. The molecule has 0 aliphatic heterocycles. The normalized spacial score (nSPS) is 11.2. The zero-order valence-corrected chi connectivity index (χ0v) is 18.3. The maximum Gasteiger partial charge on any atom is 0.264 e. The van der Waals surface area contributed by atoms with Gasteiger partial charge in [-0.05, 0) is 80.6 Å². The van der Waals surface area contributed by atoms with Crippen molar-refractivity contribution >= 4 is 27.6 Å². The summed E-state index contributed by atoms with van der Waals surface area (Å²) in [4.78, 5) is 20.3. The van der Waals surface area contributed by atoms with Gasteiger partial charge in [-0.2, -0.15) is 0 Å². The highest BCUT2D eigenvalue weighted by molar-refractivity contribution is 7.92. The average molecular weight is 448 g/mol. The largest absolute Gasteiger partial charge is 0.322 e. The average Bonchev–Trinajstić information content (AvgIpc) is 3.12. The first-order chi connectivity index (χ1) is 15.3. The molecule has 2 N–H and O–H groups in total. The van der Waals surface area contributed by atoms with Gasteiger partial charge in [-0.15, -0.1) is 0 Å². The van der Waals surface area contributed by atoms with E-state index in [9.17, 15) is 13.2 Å². The number of carbonyl (C=O) groups is 1. The Hall–Kier alpha value is -3.98. The molecule has 0 unspecified atom stereocenters. The van der Waals surface area contributed by atoms with Gasteiger partial charge in [0.15, 0.2) is 0 Å². The Morgan fingerprint density at radius 2 is 1.44 bits per heavy atom. The molecule has 9 heteroatoms. The molecular weight excluding hydrogens is 426 g/mol. The number of hydrogen-bond donors (Lipinski definition) is 2. The second kappa shape index (κ2) is 8.64. The number of sulfonamides is 1. The molecule has 4 aromatic rings. The van der Waals surface area contributed by atoms with Crippen LogP contribution in [0, 0.1) is 13.8 Å². The number of nitrogens with zero attached hydrogens (tertiary/aromatic N) is 3. The van der Waals surface area contributed by atoms with Crippen molar-refractivity contribution in [2.45, 2.75) is 18.7 Å². The van der Waals surface area contributed by atoms with E-state index in [1.54, 1.807) is 18.2 Å². The molecule has 0 spiro atoms. The molecule has 0 fully saturated rings. The van der Waals surface area contributed by atoms with Crippen LogP contribution in [0.4, 0.5) is 11.6 Å². The van der Waals surface area contributed by atoms with Crippen molar-refractivity contribution < 1.29 is 13.2 Å². The Morgan fingerprint density at radius 1 is 0.844 bits per heavy atom. The SMILES string of the molecule is Cc1ccc(C)n1-c1ccc(C(=O)Nc2ccc(S(=O)(=O)Nc3ncccn3)cc2)cc1. The molecule has 0 saturated heterocycles. The van der Waals surface area contributed by atoms with E-state index in [1.165, 1.54) is 36.7 Å². The van der Waals surface area contributed by atoms with Crippen LogP contribution in [0.3, 0.4) is 0 Å². The number of aromatic nitrogens is 3. The van der Waals surface area contributed by atoms with Crippen molar-refractivity contribution in [3.8, 4) is 5.69 Å². The molecule has 0 bridgehead atoms. The molecule has 0 aliphatic rings. The number of anilines is 2. The van der Waals surface area contributed by atoms with Crippen LogP contribution >= 0.6 is 0 Å². The quantitative estimate of drug-likeness (QED) is 0.466. The van der Waals surface area contributed by atoms with Crippen LogP contribution in [0.25, 0.3) is 5.69 Å². The summed E-state index contributed by atoms with van der Waals surface area (Å²) in [6.45, 7) is 4.06. The molecule has 1 amide bonds. The van der Waals surface area contributed by atoms with Gasteiger partial charge in [0.25, 0.3) is 15.9 Å². The molecule has 4 rings (SSSR count). The second-order valence-electron chi connectivity index (χ2n) is 7.15. The first kappa shape index (κ1) is 21.3. The van der Waals surface area contributed by atoms with Gasteiger partial charge in [0.1, 0.15) is 0 Å². The third kappa shape index (κ3) is 4.52. The Bertz CT molecular complexity index is 1330. The van der Waals surface area contributed by atoms with Crippen LogP contribution in [0.15, 0.2) is 84.0 Å².